The highest BCUT2D eigenvalue weighted by Gasteiger charge is 2.17. The van der Waals surface area contributed by atoms with Gasteiger partial charge in [-0.3, -0.25) is 4.79 Å². The zero-order valence-corrected chi connectivity index (χ0v) is 16.6. The molecule has 0 atom stereocenters. The van der Waals surface area contributed by atoms with E-state index in [1.54, 1.807) is 12.1 Å². The van der Waals surface area contributed by atoms with Crippen molar-refractivity contribution < 1.29 is 9.18 Å². The smallest absolute Gasteiger partial charge is 0.254 e. The number of halogens is 1. The summed E-state index contributed by atoms with van der Waals surface area (Å²) in [5.41, 5.74) is 3.80. The largest absolute Gasteiger partial charge is 0.345 e. The van der Waals surface area contributed by atoms with Crippen LogP contribution in [0.4, 0.5) is 4.39 Å². The molecule has 0 spiro atoms. The van der Waals surface area contributed by atoms with E-state index in [1.165, 1.54) is 6.07 Å². The molecule has 0 N–H and O–H groups in total. The number of benzene rings is 2. The number of carbonyl (C=O) groups is 1. The van der Waals surface area contributed by atoms with Crippen LogP contribution in [0.2, 0.25) is 0 Å². The summed E-state index contributed by atoms with van der Waals surface area (Å²) >= 11 is 0. The third-order valence-corrected chi connectivity index (χ3v) is 4.89. The van der Waals surface area contributed by atoms with Crippen LogP contribution in [-0.2, 0) is 13.1 Å². The molecule has 4 heteroatoms. The van der Waals surface area contributed by atoms with Crippen molar-refractivity contribution in [1.82, 2.24) is 9.47 Å². The van der Waals surface area contributed by atoms with E-state index >= 15 is 0 Å². The van der Waals surface area contributed by atoms with E-state index in [9.17, 15) is 9.18 Å². The topological polar surface area (TPSA) is 25.2 Å². The lowest BCUT2D eigenvalue weighted by Crippen LogP contribution is -2.32. The van der Waals surface area contributed by atoms with E-state index in [1.807, 2.05) is 60.5 Å². The van der Waals surface area contributed by atoms with Gasteiger partial charge in [-0.05, 0) is 55.3 Å². The molecule has 0 fully saturated rings. The van der Waals surface area contributed by atoms with Gasteiger partial charge in [0.15, 0.2) is 0 Å². The van der Waals surface area contributed by atoms with Gasteiger partial charge in [-0.2, -0.15) is 0 Å². The van der Waals surface area contributed by atoms with E-state index in [4.69, 9.17) is 0 Å². The second-order valence-electron chi connectivity index (χ2n) is 7.20. The lowest BCUT2D eigenvalue weighted by molar-refractivity contribution is 0.0737. The van der Waals surface area contributed by atoms with Crippen LogP contribution in [-0.4, -0.2) is 21.9 Å². The van der Waals surface area contributed by atoms with E-state index < -0.39 is 0 Å². The van der Waals surface area contributed by atoms with Crippen molar-refractivity contribution in [1.29, 1.82) is 0 Å². The Morgan fingerprint density at radius 1 is 1.07 bits per heavy atom. The monoisotopic (exact) mass is 378 g/mol. The van der Waals surface area contributed by atoms with Crippen LogP contribution in [0.3, 0.4) is 0 Å². The fourth-order valence-corrected chi connectivity index (χ4v) is 3.25. The fraction of sp³-hybridized carbons (Fsp3) is 0.292. The number of aromatic nitrogens is 1. The maximum Gasteiger partial charge on any atom is 0.254 e. The van der Waals surface area contributed by atoms with E-state index in [0.29, 0.717) is 25.2 Å². The first-order valence-electron chi connectivity index (χ1n) is 9.81. The number of nitrogens with zero attached hydrogens (tertiary/aromatic N) is 2. The first-order valence-corrected chi connectivity index (χ1v) is 9.81. The van der Waals surface area contributed by atoms with Crippen LogP contribution in [0.5, 0.6) is 0 Å². The quantitative estimate of drug-likeness (QED) is 0.513. The average molecular weight is 378 g/mol. The second-order valence-corrected chi connectivity index (χ2v) is 7.20. The lowest BCUT2D eigenvalue weighted by atomic mass is 10.1. The molecule has 2 aromatic carbocycles. The molecule has 1 heterocycles. The van der Waals surface area contributed by atoms with Crippen LogP contribution in [0.15, 0.2) is 66.9 Å². The molecule has 0 saturated heterocycles. The first kappa shape index (κ1) is 19.9. The van der Waals surface area contributed by atoms with Gasteiger partial charge in [0.2, 0.25) is 0 Å². The lowest BCUT2D eigenvalue weighted by Gasteiger charge is -2.24. The van der Waals surface area contributed by atoms with Crippen molar-refractivity contribution in [3.05, 3.63) is 95.1 Å². The second kappa shape index (κ2) is 9.36. The number of unbranched alkanes of at least 4 members (excludes halogenated alkanes) is 1. The summed E-state index contributed by atoms with van der Waals surface area (Å²) in [4.78, 5) is 15.0. The minimum atomic E-state index is -0.231. The molecule has 0 aliphatic rings. The highest BCUT2D eigenvalue weighted by atomic mass is 19.1. The van der Waals surface area contributed by atoms with Crippen molar-refractivity contribution >= 4 is 5.91 Å². The zero-order chi connectivity index (χ0) is 19.9. The van der Waals surface area contributed by atoms with Gasteiger partial charge in [-0.25, -0.2) is 4.39 Å². The van der Waals surface area contributed by atoms with Crippen molar-refractivity contribution in [2.45, 2.75) is 39.8 Å². The van der Waals surface area contributed by atoms with E-state index in [-0.39, 0.29) is 11.7 Å². The zero-order valence-electron chi connectivity index (χ0n) is 16.6. The normalized spacial score (nSPS) is 10.8. The van der Waals surface area contributed by atoms with E-state index in [2.05, 4.69) is 11.5 Å². The average Bonchev–Trinajstić information content (AvgIpc) is 3.12. The van der Waals surface area contributed by atoms with E-state index in [0.717, 1.165) is 29.7 Å². The van der Waals surface area contributed by atoms with Crippen LogP contribution in [0.1, 0.15) is 46.9 Å². The maximum atomic E-state index is 13.5. The maximum absolute atomic E-state index is 13.5. The summed E-state index contributed by atoms with van der Waals surface area (Å²) in [6.45, 7) is 5.98. The summed E-state index contributed by atoms with van der Waals surface area (Å²) in [6, 6.07) is 18.4. The van der Waals surface area contributed by atoms with Crippen molar-refractivity contribution in [3.63, 3.8) is 0 Å². The molecule has 0 radical (unpaired) electrons. The first-order chi connectivity index (χ1) is 13.6. The van der Waals surface area contributed by atoms with Crippen molar-refractivity contribution in [2.24, 2.45) is 0 Å². The summed E-state index contributed by atoms with van der Waals surface area (Å²) in [5.74, 6) is -0.183. The molecule has 0 aliphatic carbocycles. The summed E-state index contributed by atoms with van der Waals surface area (Å²) < 4.78 is 15.6. The number of aryl methyl sites for hydroxylation is 1. The van der Waals surface area contributed by atoms with Gasteiger partial charge in [0, 0.05) is 30.5 Å². The third-order valence-electron chi connectivity index (χ3n) is 4.89. The van der Waals surface area contributed by atoms with Gasteiger partial charge >= 0.3 is 0 Å². The Morgan fingerprint density at radius 2 is 1.86 bits per heavy atom. The molecule has 1 amide bonds. The predicted octanol–water partition coefficient (Wildman–Crippen LogP) is 5.43. The third kappa shape index (κ3) is 5.10. The Bertz CT molecular complexity index is 914. The molecule has 0 unspecified atom stereocenters. The highest BCUT2D eigenvalue weighted by Crippen LogP contribution is 2.15. The minimum absolute atomic E-state index is 0.0481. The molecule has 3 aromatic rings. The van der Waals surface area contributed by atoms with Gasteiger partial charge in [-0.1, -0.05) is 43.2 Å². The Morgan fingerprint density at radius 3 is 2.57 bits per heavy atom. The predicted molar refractivity (Wildman–Crippen MR) is 111 cm³/mol. The summed E-state index contributed by atoms with van der Waals surface area (Å²) in [7, 11) is 0. The fourth-order valence-electron chi connectivity index (χ4n) is 3.25. The number of hydrogen-bond donors (Lipinski definition) is 0. The Kier molecular flexibility index (Phi) is 6.64. The number of amides is 1. The number of hydrogen-bond acceptors (Lipinski definition) is 1. The molecule has 0 saturated carbocycles. The summed E-state index contributed by atoms with van der Waals surface area (Å²) in [6.07, 6.45) is 3.97. The molecular formula is C24H27FN2O. The number of carbonyl (C=O) groups excluding carboxylic acids is 1. The standard InChI is InChI=1S/C24H27FN2O/c1-3-4-14-27(24(28)21-12-10-19(2)11-13-21)18-23-9-6-15-26(23)17-20-7-5-8-22(25)16-20/h5-13,15-16H,3-4,14,17-18H2,1-2H3. The van der Waals surface area contributed by atoms with Gasteiger partial charge < -0.3 is 9.47 Å². The SMILES string of the molecule is CCCCN(Cc1cccn1Cc1cccc(F)c1)C(=O)c1ccc(C)cc1. The molecular weight excluding hydrogens is 351 g/mol. The minimum Gasteiger partial charge on any atom is -0.345 e. The van der Waals surface area contributed by atoms with Crippen LogP contribution < -0.4 is 0 Å². The Balaban J connectivity index is 1.78. The van der Waals surface area contributed by atoms with Crippen LogP contribution in [0.25, 0.3) is 0 Å². The van der Waals surface area contributed by atoms with Gasteiger partial charge in [-0.15, -0.1) is 0 Å². The number of rotatable bonds is 8. The Hall–Kier alpha value is -2.88. The van der Waals surface area contributed by atoms with Crippen LogP contribution >= 0.6 is 0 Å². The molecule has 1 aromatic heterocycles. The highest BCUT2D eigenvalue weighted by molar-refractivity contribution is 5.94. The molecule has 146 valence electrons. The Labute approximate surface area is 166 Å². The van der Waals surface area contributed by atoms with Crippen LogP contribution in [0, 0.1) is 12.7 Å². The van der Waals surface area contributed by atoms with Crippen molar-refractivity contribution in [2.75, 3.05) is 6.54 Å². The van der Waals surface area contributed by atoms with Crippen molar-refractivity contribution in [3.8, 4) is 0 Å². The molecule has 0 aliphatic heterocycles. The molecule has 3 nitrogen and oxygen atoms in total. The van der Waals surface area contributed by atoms with Gasteiger partial charge in [0.1, 0.15) is 5.82 Å². The molecule has 3 rings (SSSR count). The molecule has 0 bridgehead atoms. The van der Waals surface area contributed by atoms with Gasteiger partial charge in [0.05, 0.1) is 6.54 Å². The molecule has 28 heavy (non-hydrogen) atoms. The summed E-state index contributed by atoms with van der Waals surface area (Å²) in [5, 5.41) is 0. The van der Waals surface area contributed by atoms with Gasteiger partial charge in [0.25, 0.3) is 5.91 Å².